The number of benzene rings is 2. The number of anilines is 2. The Hall–Kier alpha value is -2.33. The summed E-state index contributed by atoms with van der Waals surface area (Å²) in [6, 6.07) is 11.2. The number of nitrogens with one attached hydrogen (secondary N) is 1. The topological polar surface area (TPSA) is 55.1 Å². The van der Waals surface area contributed by atoms with Gasteiger partial charge in [0.15, 0.2) is 0 Å². The number of carbonyl (C=O) groups excluding carboxylic acids is 1. The van der Waals surface area contributed by atoms with Crippen LogP contribution in [0, 0.1) is 5.82 Å². The number of para-hydroxylation sites is 1. The summed E-state index contributed by atoms with van der Waals surface area (Å²) in [6.07, 6.45) is 2.90. The average molecular weight is 291 g/mol. The fourth-order valence-corrected chi connectivity index (χ4v) is 1.77. The molecule has 0 aromatic heterocycles. The first-order valence-electron chi connectivity index (χ1n) is 5.85. The first kappa shape index (κ1) is 14.1. The van der Waals surface area contributed by atoms with Crippen LogP contribution in [0.4, 0.5) is 15.8 Å². The van der Waals surface area contributed by atoms with Gasteiger partial charge in [-0.1, -0.05) is 29.8 Å². The Labute approximate surface area is 120 Å². The lowest BCUT2D eigenvalue weighted by molar-refractivity contribution is -0.111. The molecule has 20 heavy (non-hydrogen) atoms. The van der Waals surface area contributed by atoms with Gasteiger partial charge in [-0.2, -0.15) is 0 Å². The SMILES string of the molecule is Nc1ccc(/C=C/C(=O)Nc2c(F)cccc2Cl)cc1. The van der Waals surface area contributed by atoms with Crippen molar-refractivity contribution in [3.05, 3.63) is 64.9 Å². The number of hydrogen-bond acceptors (Lipinski definition) is 2. The average Bonchev–Trinajstić information content (AvgIpc) is 2.42. The van der Waals surface area contributed by atoms with E-state index in [1.165, 1.54) is 24.3 Å². The maximum absolute atomic E-state index is 13.5. The zero-order valence-electron chi connectivity index (χ0n) is 10.4. The van der Waals surface area contributed by atoms with Gasteiger partial charge in [0.25, 0.3) is 0 Å². The number of hydrogen-bond donors (Lipinski definition) is 2. The normalized spacial score (nSPS) is 10.7. The molecule has 2 rings (SSSR count). The molecule has 0 atom stereocenters. The summed E-state index contributed by atoms with van der Waals surface area (Å²) in [5.41, 5.74) is 6.99. The van der Waals surface area contributed by atoms with Crippen LogP contribution in [-0.2, 0) is 4.79 Å². The van der Waals surface area contributed by atoms with E-state index >= 15 is 0 Å². The van der Waals surface area contributed by atoms with E-state index in [-0.39, 0.29) is 10.7 Å². The Morgan fingerprint density at radius 3 is 2.55 bits per heavy atom. The van der Waals surface area contributed by atoms with Crippen LogP contribution < -0.4 is 11.1 Å². The maximum atomic E-state index is 13.5. The number of amides is 1. The molecule has 3 N–H and O–H groups in total. The minimum atomic E-state index is -0.577. The highest BCUT2D eigenvalue weighted by Gasteiger charge is 2.08. The highest BCUT2D eigenvalue weighted by Crippen LogP contribution is 2.24. The van der Waals surface area contributed by atoms with Gasteiger partial charge >= 0.3 is 0 Å². The molecule has 102 valence electrons. The molecule has 0 fully saturated rings. The molecule has 0 aliphatic carbocycles. The highest BCUT2D eigenvalue weighted by molar-refractivity contribution is 6.33. The molecule has 0 bridgehead atoms. The molecule has 0 aliphatic heterocycles. The zero-order valence-corrected chi connectivity index (χ0v) is 11.2. The monoisotopic (exact) mass is 290 g/mol. The van der Waals surface area contributed by atoms with E-state index in [9.17, 15) is 9.18 Å². The quantitative estimate of drug-likeness (QED) is 0.669. The summed E-state index contributed by atoms with van der Waals surface area (Å²) < 4.78 is 13.5. The number of halogens is 2. The molecule has 0 unspecified atom stereocenters. The first-order valence-corrected chi connectivity index (χ1v) is 6.22. The fourth-order valence-electron chi connectivity index (χ4n) is 1.56. The van der Waals surface area contributed by atoms with Crippen LogP contribution in [0.1, 0.15) is 5.56 Å². The Morgan fingerprint density at radius 2 is 1.90 bits per heavy atom. The lowest BCUT2D eigenvalue weighted by atomic mass is 10.2. The van der Waals surface area contributed by atoms with E-state index in [2.05, 4.69) is 5.32 Å². The molecule has 3 nitrogen and oxygen atoms in total. The second-order valence-corrected chi connectivity index (χ2v) is 4.49. The van der Waals surface area contributed by atoms with E-state index in [0.717, 1.165) is 5.56 Å². The van der Waals surface area contributed by atoms with Gasteiger partial charge in [0.1, 0.15) is 5.82 Å². The third kappa shape index (κ3) is 3.59. The van der Waals surface area contributed by atoms with Crippen molar-refractivity contribution in [2.45, 2.75) is 0 Å². The lowest BCUT2D eigenvalue weighted by Crippen LogP contribution is -2.09. The second-order valence-electron chi connectivity index (χ2n) is 4.09. The van der Waals surface area contributed by atoms with E-state index in [1.54, 1.807) is 30.3 Å². The summed E-state index contributed by atoms with van der Waals surface area (Å²) in [6.45, 7) is 0. The van der Waals surface area contributed by atoms with Crippen molar-refractivity contribution < 1.29 is 9.18 Å². The number of carbonyl (C=O) groups is 1. The van der Waals surface area contributed by atoms with Crippen LogP contribution in [0.15, 0.2) is 48.5 Å². The van der Waals surface area contributed by atoms with Crippen molar-refractivity contribution in [2.24, 2.45) is 0 Å². The van der Waals surface area contributed by atoms with E-state index in [0.29, 0.717) is 5.69 Å². The molecule has 0 saturated carbocycles. The smallest absolute Gasteiger partial charge is 0.248 e. The molecule has 2 aromatic carbocycles. The van der Waals surface area contributed by atoms with Gasteiger partial charge < -0.3 is 11.1 Å². The molecule has 0 saturated heterocycles. The van der Waals surface area contributed by atoms with Crippen LogP contribution in [0.2, 0.25) is 5.02 Å². The van der Waals surface area contributed by atoms with Crippen molar-refractivity contribution >= 4 is 35.0 Å². The molecule has 5 heteroatoms. The van der Waals surface area contributed by atoms with Crippen LogP contribution in [0.25, 0.3) is 6.08 Å². The maximum Gasteiger partial charge on any atom is 0.248 e. The van der Waals surface area contributed by atoms with Crippen LogP contribution in [-0.4, -0.2) is 5.91 Å². The molecule has 1 amide bonds. The van der Waals surface area contributed by atoms with Gasteiger partial charge in [-0.05, 0) is 35.9 Å². The molecule has 0 aliphatic rings. The van der Waals surface area contributed by atoms with Crippen molar-refractivity contribution in [3.63, 3.8) is 0 Å². The summed E-state index contributed by atoms with van der Waals surface area (Å²) >= 11 is 5.82. The van der Waals surface area contributed by atoms with Crippen molar-refractivity contribution in [1.82, 2.24) is 0 Å². The molecule has 0 radical (unpaired) electrons. The summed E-state index contributed by atoms with van der Waals surface area (Å²) in [4.78, 5) is 11.7. The standard InChI is InChI=1S/C15H12ClFN2O/c16-12-2-1-3-13(17)15(12)19-14(20)9-6-10-4-7-11(18)8-5-10/h1-9H,18H2,(H,19,20)/b9-6+. The van der Waals surface area contributed by atoms with Crippen LogP contribution in [0.5, 0.6) is 0 Å². The number of rotatable bonds is 3. The number of nitrogen functional groups attached to an aromatic ring is 1. The molecular formula is C15H12ClFN2O. The third-order valence-electron chi connectivity index (χ3n) is 2.57. The van der Waals surface area contributed by atoms with Crippen LogP contribution >= 0.6 is 11.6 Å². The Bertz CT molecular complexity index is 633. The largest absolute Gasteiger partial charge is 0.399 e. The first-order chi connectivity index (χ1) is 9.56. The highest BCUT2D eigenvalue weighted by atomic mass is 35.5. The Morgan fingerprint density at radius 1 is 1.20 bits per heavy atom. The Kier molecular flexibility index (Phi) is 4.38. The molecular weight excluding hydrogens is 279 g/mol. The van der Waals surface area contributed by atoms with E-state index in [4.69, 9.17) is 17.3 Å². The molecule has 2 aromatic rings. The van der Waals surface area contributed by atoms with Gasteiger partial charge in [-0.3, -0.25) is 4.79 Å². The second kappa shape index (κ2) is 6.21. The van der Waals surface area contributed by atoms with E-state index in [1.807, 2.05) is 0 Å². The number of nitrogens with two attached hydrogens (primary N) is 1. The lowest BCUT2D eigenvalue weighted by Gasteiger charge is -2.05. The zero-order chi connectivity index (χ0) is 14.5. The van der Waals surface area contributed by atoms with Gasteiger partial charge in [-0.25, -0.2) is 4.39 Å². The summed E-state index contributed by atoms with van der Waals surface area (Å²) in [5.74, 6) is -1.04. The molecule has 0 heterocycles. The predicted molar refractivity (Wildman–Crippen MR) is 79.9 cm³/mol. The summed E-state index contributed by atoms with van der Waals surface area (Å²) in [5, 5.41) is 2.55. The van der Waals surface area contributed by atoms with Gasteiger partial charge in [0, 0.05) is 11.8 Å². The fraction of sp³-hybridized carbons (Fsp3) is 0. The van der Waals surface area contributed by atoms with Gasteiger partial charge in [0.05, 0.1) is 10.7 Å². The van der Waals surface area contributed by atoms with Gasteiger partial charge in [0.2, 0.25) is 5.91 Å². The van der Waals surface area contributed by atoms with Crippen LogP contribution in [0.3, 0.4) is 0 Å². The van der Waals surface area contributed by atoms with Gasteiger partial charge in [-0.15, -0.1) is 0 Å². The third-order valence-corrected chi connectivity index (χ3v) is 2.89. The Balaban J connectivity index is 2.07. The van der Waals surface area contributed by atoms with Crippen molar-refractivity contribution in [2.75, 3.05) is 11.1 Å². The van der Waals surface area contributed by atoms with E-state index < -0.39 is 11.7 Å². The minimum Gasteiger partial charge on any atom is -0.399 e. The minimum absolute atomic E-state index is 0.0267. The summed E-state index contributed by atoms with van der Waals surface area (Å²) in [7, 11) is 0. The predicted octanol–water partition coefficient (Wildman–Crippen LogP) is 3.71. The van der Waals surface area contributed by atoms with Crippen molar-refractivity contribution in [3.8, 4) is 0 Å². The van der Waals surface area contributed by atoms with Crippen molar-refractivity contribution in [1.29, 1.82) is 0 Å². The molecule has 0 spiro atoms.